The molecule has 2 rings (SSSR count). The molecule has 1 aromatic carbocycles. The van der Waals surface area contributed by atoms with E-state index in [0.29, 0.717) is 5.92 Å². The molecule has 1 fully saturated rings. The number of hydrogen-bond donors (Lipinski definition) is 1. The summed E-state index contributed by atoms with van der Waals surface area (Å²) in [7, 11) is 0. The van der Waals surface area contributed by atoms with E-state index in [2.05, 4.69) is 12.2 Å². The molecule has 20 heavy (non-hydrogen) atoms. The molecule has 0 bridgehead atoms. The highest BCUT2D eigenvalue weighted by atomic mass is 16.5. The van der Waals surface area contributed by atoms with E-state index in [-0.39, 0.29) is 5.91 Å². The molecule has 0 saturated heterocycles. The van der Waals surface area contributed by atoms with Crippen LogP contribution >= 0.6 is 0 Å². The molecule has 1 amide bonds. The van der Waals surface area contributed by atoms with E-state index in [1.165, 1.54) is 25.7 Å². The van der Waals surface area contributed by atoms with Crippen LogP contribution in [0.5, 0.6) is 5.75 Å². The maximum absolute atomic E-state index is 12.0. The number of para-hydroxylation sites is 1. The first-order chi connectivity index (χ1) is 9.65. The lowest BCUT2D eigenvalue weighted by molar-refractivity contribution is -0.127. The zero-order valence-corrected chi connectivity index (χ0v) is 12.5. The van der Waals surface area contributed by atoms with Crippen molar-refractivity contribution >= 4 is 5.91 Å². The van der Waals surface area contributed by atoms with Crippen molar-refractivity contribution in [3.05, 3.63) is 30.3 Å². The minimum Gasteiger partial charge on any atom is -0.481 e. The van der Waals surface area contributed by atoms with Crippen LogP contribution in [0.1, 0.15) is 39.5 Å². The van der Waals surface area contributed by atoms with Gasteiger partial charge >= 0.3 is 0 Å². The van der Waals surface area contributed by atoms with E-state index < -0.39 is 6.10 Å². The van der Waals surface area contributed by atoms with Crippen molar-refractivity contribution in [2.45, 2.75) is 45.6 Å². The normalized spacial score (nSPS) is 23.9. The second kappa shape index (κ2) is 7.32. The van der Waals surface area contributed by atoms with Gasteiger partial charge in [-0.05, 0) is 43.7 Å². The molecular formula is C17H25NO2. The highest BCUT2D eigenvalue weighted by molar-refractivity contribution is 5.80. The summed E-state index contributed by atoms with van der Waals surface area (Å²) in [6.45, 7) is 4.89. The molecule has 3 heteroatoms. The Bertz CT molecular complexity index is 410. The predicted octanol–water partition coefficient (Wildman–Crippen LogP) is 3.40. The summed E-state index contributed by atoms with van der Waals surface area (Å²) in [5, 5.41) is 3.02. The maximum atomic E-state index is 12.0. The van der Waals surface area contributed by atoms with Crippen LogP contribution in [0.15, 0.2) is 30.3 Å². The van der Waals surface area contributed by atoms with Gasteiger partial charge in [0.1, 0.15) is 5.75 Å². The number of carbonyl (C=O) groups is 1. The van der Waals surface area contributed by atoms with Gasteiger partial charge in [0.2, 0.25) is 0 Å². The van der Waals surface area contributed by atoms with Crippen molar-refractivity contribution in [3.8, 4) is 5.75 Å². The first-order valence-corrected chi connectivity index (χ1v) is 7.64. The van der Waals surface area contributed by atoms with Crippen molar-refractivity contribution < 1.29 is 9.53 Å². The fourth-order valence-corrected chi connectivity index (χ4v) is 2.68. The van der Waals surface area contributed by atoms with Crippen LogP contribution in [0.25, 0.3) is 0 Å². The molecule has 110 valence electrons. The summed E-state index contributed by atoms with van der Waals surface area (Å²) in [5.74, 6) is 2.20. The fourth-order valence-electron chi connectivity index (χ4n) is 2.68. The zero-order valence-electron chi connectivity index (χ0n) is 12.5. The van der Waals surface area contributed by atoms with Crippen molar-refractivity contribution in [2.75, 3.05) is 6.54 Å². The van der Waals surface area contributed by atoms with Crippen molar-refractivity contribution in [3.63, 3.8) is 0 Å². The Labute approximate surface area is 121 Å². The van der Waals surface area contributed by atoms with Crippen LogP contribution < -0.4 is 10.1 Å². The van der Waals surface area contributed by atoms with Gasteiger partial charge in [0.15, 0.2) is 6.10 Å². The van der Waals surface area contributed by atoms with E-state index in [1.807, 2.05) is 30.3 Å². The number of nitrogens with one attached hydrogen (secondary N) is 1. The van der Waals surface area contributed by atoms with E-state index in [1.54, 1.807) is 6.92 Å². The quantitative estimate of drug-likeness (QED) is 0.894. The Morgan fingerprint density at radius 1 is 1.25 bits per heavy atom. The minimum absolute atomic E-state index is 0.0209. The third-order valence-corrected chi connectivity index (χ3v) is 4.13. The third kappa shape index (κ3) is 4.55. The third-order valence-electron chi connectivity index (χ3n) is 4.13. The van der Waals surface area contributed by atoms with E-state index >= 15 is 0 Å². The minimum atomic E-state index is -0.445. The second-order valence-corrected chi connectivity index (χ2v) is 5.94. The number of carbonyl (C=O) groups excluding carboxylic acids is 1. The molecule has 1 N–H and O–H groups in total. The van der Waals surface area contributed by atoms with E-state index in [4.69, 9.17) is 4.74 Å². The molecule has 0 spiro atoms. The van der Waals surface area contributed by atoms with Gasteiger partial charge in [-0.25, -0.2) is 0 Å². The predicted molar refractivity (Wildman–Crippen MR) is 80.7 cm³/mol. The highest BCUT2D eigenvalue weighted by Crippen LogP contribution is 2.27. The Hall–Kier alpha value is -1.51. The topological polar surface area (TPSA) is 38.3 Å². The monoisotopic (exact) mass is 275 g/mol. The standard InChI is InChI=1S/C17H25NO2/c1-13-8-10-15(11-9-13)12-18-17(19)14(2)20-16-6-4-3-5-7-16/h3-7,13-15H,8-12H2,1-2H3,(H,18,19). The molecule has 1 aromatic rings. The molecule has 0 radical (unpaired) electrons. The Morgan fingerprint density at radius 2 is 1.90 bits per heavy atom. The molecule has 0 heterocycles. The molecule has 1 saturated carbocycles. The summed E-state index contributed by atoms with van der Waals surface area (Å²) in [6, 6.07) is 9.48. The molecule has 1 aliphatic carbocycles. The average Bonchev–Trinajstić information content (AvgIpc) is 2.47. The number of benzene rings is 1. The lowest BCUT2D eigenvalue weighted by atomic mass is 9.83. The maximum Gasteiger partial charge on any atom is 0.260 e. The molecule has 1 atom stereocenters. The summed E-state index contributed by atoms with van der Waals surface area (Å²) < 4.78 is 5.62. The summed E-state index contributed by atoms with van der Waals surface area (Å²) in [5.41, 5.74) is 0. The van der Waals surface area contributed by atoms with Crippen LogP contribution in [0, 0.1) is 11.8 Å². The highest BCUT2D eigenvalue weighted by Gasteiger charge is 2.20. The van der Waals surface area contributed by atoms with Gasteiger partial charge in [-0.2, -0.15) is 0 Å². The van der Waals surface area contributed by atoms with Gasteiger partial charge in [0.25, 0.3) is 5.91 Å². The first kappa shape index (κ1) is 14.9. The molecule has 1 aliphatic rings. The summed E-state index contributed by atoms with van der Waals surface area (Å²) >= 11 is 0. The molecule has 3 nitrogen and oxygen atoms in total. The van der Waals surface area contributed by atoms with Crippen LogP contribution in [-0.2, 0) is 4.79 Å². The van der Waals surface area contributed by atoms with Gasteiger partial charge in [-0.1, -0.05) is 38.0 Å². The number of hydrogen-bond acceptors (Lipinski definition) is 2. The summed E-state index contributed by atoms with van der Waals surface area (Å²) in [6.07, 6.45) is 4.60. The second-order valence-electron chi connectivity index (χ2n) is 5.94. The van der Waals surface area contributed by atoms with Gasteiger partial charge < -0.3 is 10.1 Å². The molecule has 0 aliphatic heterocycles. The Balaban J connectivity index is 1.71. The Morgan fingerprint density at radius 3 is 2.55 bits per heavy atom. The SMILES string of the molecule is CC1CCC(CNC(=O)C(C)Oc2ccccc2)CC1. The van der Waals surface area contributed by atoms with Gasteiger partial charge in [0.05, 0.1) is 0 Å². The lowest BCUT2D eigenvalue weighted by Gasteiger charge is -2.26. The van der Waals surface area contributed by atoms with Gasteiger partial charge in [0, 0.05) is 6.54 Å². The first-order valence-electron chi connectivity index (χ1n) is 7.64. The number of ether oxygens (including phenoxy) is 1. The van der Waals surface area contributed by atoms with E-state index in [9.17, 15) is 4.79 Å². The number of rotatable bonds is 5. The van der Waals surface area contributed by atoms with Crippen molar-refractivity contribution in [1.29, 1.82) is 0 Å². The largest absolute Gasteiger partial charge is 0.481 e. The fraction of sp³-hybridized carbons (Fsp3) is 0.588. The van der Waals surface area contributed by atoms with Crippen molar-refractivity contribution in [2.24, 2.45) is 11.8 Å². The van der Waals surface area contributed by atoms with Crippen molar-refractivity contribution in [1.82, 2.24) is 5.32 Å². The smallest absolute Gasteiger partial charge is 0.260 e. The van der Waals surface area contributed by atoms with Crippen LogP contribution in [0.2, 0.25) is 0 Å². The lowest BCUT2D eigenvalue weighted by Crippen LogP contribution is -2.39. The van der Waals surface area contributed by atoms with E-state index in [0.717, 1.165) is 18.2 Å². The Kier molecular flexibility index (Phi) is 5.45. The van der Waals surface area contributed by atoms with Crippen LogP contribution in [0.4, 0.5) is 0 Å². The summed E-state index contributed by atoms with van der Waals surface area (Å²) in [4.78, 5) is 12.0. The average molecular weight is 275 g/mol. The van der Waals surface area contributed by atoms with Gasteiger partial charge in [-0.15, -0.1) is 0 Å². The molecular weight excluding hydrogens is 250 g/mol. The molecule has 1 unspecified atom stereocenters. The van der Waals surface area contributed by atoms with Crippen LogP contribution in [-0.4, -0.2) is 18.6 Å². The molecule has 0 aromatic heterocycles. The zero-order chi connectivity index (χ0) is 14.4. The van der Waals surface area contributed by atoms with Gasteiger partial charge in [-0.3, -0.25) is 4.79 Å². The number of amides is 1. The van der Waals surface area contributed by atoms with Crippen LogP contribution in [0.3, 0.4) is 0 Å².